The largest absolute Gasteiger partial charge is 0.354 e. The van der Waals surface area contributed by atoms with Crippen LogP contribution in [0.5, 0.6) is 0 Å². The zero-order valence-corrected chi connectivity index (χ0v) is 12.2. The second-order valence-corrected chi connectivity index (χ2v) is 5.40. The molecule has 0 saturated carbocycles. The van der Waals surface area contributed by atoms with Crippen molar-refractivity contribution in [3.8, 4) is 11.1 Å². The SMILES string of the molecule is CN1CCN(c2ccc(-c3ccccc3C=O)cn2)CC1. The molecule has 0 radical (unpaired) electrons. The number of carbonyl (C=O) groups excluding carboxylic acids is 1. The molecule has 21 heavy (non-hydrogen) atoms. The number of aldehydes is 1. The third-order valence-corrected chi connectivity index (χ3v) is 3.97. The number of aromatic nitrogens is 1. The molecule has 4 heteroatoms. The lowest BCUT2D eigenvalue weighted by Crippen LogP contribution is -2.44. The Balaban J connectivity index is 1.82. The zero-order valence-electron chi connectivity index (χ0n) is 12.2. The fourth-order valence-electron chi connectivity index (χ4n) is 2.63. The Labute approximate surface area is 125 Å². The van der Waals surface area contributed by atoms with Crippen molar-refractivity contribution in [2.24, 2.45) is 0 Å². The van der Waals surface area contributed by atoms with Crippen LogP contribution in [0.25, 0.3) is 11.1 Å². The fraction of sp³-hybridized carbons (Fsp3) is 0.294. The monoisotopic (exact) mass is 281 g/mol. The Morgan fingerprint density at radius 2 is 1.81 bits per heavy atom. The third-order valence-electron chi connectivity index (χ3n) is 3.97. The van der Waals surface area contributed by atoms with Crippen LogP contribution in [0.3, 0.4) is 0 Å². The molecule has 2 heterocycles. The Morgan fingerprint density at radius 3 is 2.48 bits per heavy atom. The van der Waals surface area contributed by atoms with Crippen LogP contribution in [-0.2, 0) is 0 Å². The normalized spacial score (nSPS) is 16.0. The third kappa shape index (κ3) is 2.95. The van der Waals surface area contributed by atoms with E-state index in [1.165, 1.54) is 0 Å². The number of pyridine rings is 1. The minimum absolute atomic E-state index is 0.701. The average molecular weight is 281 g/mol. The zero-order chi connectivity index (χ0) is 14.7. The molecule has 0 N–H and O–H groups in total. The average Bonchev–Trinajstić information content (AvgIpc) is 2.56. The van der Waals surface area contributed by atoms with Gasteiger partial charge in [0.1, 0.15) is 5.82 Å². The molecule has 0 spiro atoms. The molecule has 3 rings (SSSR count). The summed E-state index contributed by atoms with van der Waals surface area (Å²) in [5.74, 6) is 1.01. The maximum Gasteiger partial charge on any atom is 0.150 e. The Bertz CT molecular complexity index is 616. The lowest BCUT2D eigenvalue weighted by atomic mass is 10.0. The number of likely N-dealkylation sites (N-methyl/N-ethyl adjacent to an activating group) is 1. The van der Waals surface area contributed by atoms with Crippen molar-refractivity contribution in [1.29, 1.82) is 0 Å². The summed E-state index contributed by atoms with van der Waals surface area (Å²) in [6.07, 6.45) is 2.75. The van der Waals surface area contributed by atoms with Gasteiger partial charge in [-0.25, -0.2) is 4.98 Å². The molecule has 0 unspecified atom stereocenters. The number of piperazine rings is 1. The van der Waals surface area contributed by atoms with E-state index in [2.05, 4.69) is 21.8 Å². The van der Waals surface area contributed by atoms with Crippen LogP contribution in [0.2, 0.25) is 0 Å². The van der Waals surface area contributed by atoms with Crippen LogP contribution >= 0.6 is 0 Å². The highest BCUT2D eigenvalue weighted by atomic mass is 16.1. The summed E-state index contributed by atoms with van der Waals surface area (Å²) in [5, 5.41) is 0. The van der Waals surface area contributed by atoms with Gasteiger partial charge in [-0.1, -0.05) is 24.3 Å². The number of carbonyl (C=O) groups is 1. The van der Waals surface area contributed by atoms with E-state index in [-0.39, 0.29) is 0 Å². The van der Waals surface area contributed by atoms with E-state index in [1.54, 1.807) is 0 Å². The summed E-state index contributed by atoms with van der Waals surface area (Å²) in [5.41, 5.74) is 2.62. The first-order valence-electron chi connectivity index (χ1n) is 7.22. The fourth-order valence-corrected chi connectivity index (χ4v) is 2.63. The minimum atomic E-state index is 0.701. The first-order chi connectivity index (χ1) is 10.3. The van der Waals surface area contributed by atoms with Gasteiger partial charge in [-0.15, -0.1) is 0 Å². The summed E-state index contributed by atoms with van der Waals surface area (Å²) in [6.45, 7) is 4.15. The topological polar surface area (TPSA) is 36.4 Å². The van der Waals surface area contributed by atoms with E-state index < -0.39 is 0 Å². The highest BCUT2D eigenvalue weighted by Gasteiger charge is 2.15. The summed E-state index contributed by atoms with van der Waals surface area (Å²) in [7, 11) is 2.14. The van der Waals surface area contributed by atoms with E-state index >= 15 is 0 Å². The van der Waals surface area contributed by atoms with Crippen LogP contribution in [-0.4, -0.2) is 49.4 Å². The Morgan fingerprint density at radius 1 is 1.05 bits per heavy atom. The number of rotatable bonds is 3. The van der Waals surface area contributed by atoms with Crippen LogP contribution in [0.1, 0.15) is 10.4 Å². The van der Waals surface area contributed by atoms with Crippen molar-refractivity contribution in [3.63, 3.8) is 0 Å². The molecule has 2 aromatic rings. The number of hydrogen-bond acceptors (Lipinski definition) is 4. The molecule has 1 fully saturated rings. The molecular weight excluding hydrogens is 262 g/mol. The minimum Gasteiger partial charge on any atom is -0.354 e. The van der Waals surface area contributed by atoms with Crippen molar-refractivity contribution in [2.45, 2.75) is 0 Å². The Hall–Kier alpha value is -2.20. The van der Waals surface area contributed by atoms with Crippen LogP contribution < -0.4 is 4.90 Å². The van der Waals surface area contributed by atoms with Gasteiger partial charge in [0, 0.05) is 43.5 Å². The van der Waals surface area contributed by atoms with Gasteiger partial charge >= 0.3 is 0 Å². The van der Waals surface area contributed by atoms with Crippen LogP contribution in [0.4, 0.5) is 5.82 Å². The number of benzene rings is 1. The molecule has 0 bridgehead atoms. The molecule has 1 aromatic carbocycles. The summed E-state index contributed by atoms with van der Waals surface area (Å²) >= 11 is 0. The second-order valence-electron chi connectivity index (χ2n) is 5.40. The van der Waals surface area contributed by atoms with E-state index in [0.717, 1.165) is 49.4 Å². The lowest BCUT2D eigenvalue weighted by molar-refractivity contribution is 0.112. The first kappa shape index (κ1) is 13.8. The van der Waals surface area contributed by atoms with Crippen molar-refractivity contribution in [2.75, 3.05) is 38.1 Å². The molecule has 1 saturated heterocycles. The van der Waals surface area contributed by atoms with E-state index in [9.17, 15) is 4.79 Å². The highest BCUT2D eigenvalue weighted by molar-refractivity contribution is 5.87. The van der Waals surface area contributed by atoms with Crippen molar-refractivity contribution in [1.82, 2.24) is 9.88 Å². The molecule has 4 nitrogen and oxygen atoms in total. The Kier molecular flexibility index (Phi) is 3.97. The molecule has 108 valence electrons. The van der Waals surface area contributed by atoms with E-state index in [1.807, 2.05) is 42.6 Å². The molecule has 0 amide bonds. The van der Waals surface area contributed by atoms with Crippen molar-refractivity contribution in [3.05, 3.63) is 48.2 Å². The number of hydrogen-bond donors (Lipinski definition) is 0. The van der Waals surface area contributed by atoms with Gasteiger partial charge in [0.05, 0.1) is 0 Å². The molecule has 1 aliphatic rings. The maximum atomic E-state index is 11.1. The predicted octanol–water partition coefficient (Wildman–Crippen LogP) is 2.31. The summed E-state index contributed by atoms with van der Waals surface area (Å²) < 4.78 is 0. The van der Waals surface area contributed by atoms with Gasteiger partial charge in [-0.2, -0.15) is 0 Å². The van der Waals surface area contributed by atoms with Crippen LogP contribution in [0, 0.1) is 0 Å². The van der Waals surface area contributed by atoms with E-state index in [0.29, 0.717) is 5.56 Å². The van der Waals surface area contributed by atoms with E-state index in [4.69, 9.17) is 0 Å². The summed E-state index contributed by atoms with van der Waals surface area (Å²) in [4.78, 5) is 20.3. The standard InChI is InChI=1S/C17H19N3O/c1-19-8-10-20(11-9-19)17-7-6-14(12-18-17)16-5-3-2-4-15(16)13-21/h2-7,12-13H,8-11H2,1H3. The van der Waals surface area contributed by atoms with Gasteiger partial charge in [0.15, 0.2) is 6.29 Å². The molecule has 0 aliphatic carbocycles. The highest BCUT2D eigenvalue weighted by Crippen LogP contribution is 2.24. The molecule has 1 aromatic heterocycles. The molecule has 1 aliphatic heterocycles. The van der Waals surface area contributed by atoms with Gasteiger partial charge in [0.2, 0.25) is 0 Å². The van der Waals surface area contributed by atoms with Gasteiger partial charge in [-0.05, 0) is 24.7 Å². The first-order valence-corrected chi connectivity index (χ1v) is 7.22. The number of anilines is 1. The molecular formula is C17H19N3O. The summed E-state index contributed by atoms with van der Waals surface area (Å²) in [6, 6.07) is 11.7. The molecule has 0 atom stereocenters. The number of nitrogens with zero attached hydrogens (tertiary/aromatic N) is 3. The van der Waals surface area contributed by atoms with Gasteiger partial charge < -0.3 is 9.80 Å². The second kappa shape index (κ2) is 6.06. The van der Waals surface area contributed by atoms with Gasteiger partial charge in [-0.3, -0.25) is 4.79 Å². The predicted molar refractivity (Wildman–Crippen MR) is 84.8 cm³/mol. The maximum absolute atomic E-state index is 11.1. The quantitative estimate of drug-likeness (QED) is 0.809. The smallest absolute Gasteiger partial charge is 0.150 e. The van der Waals surface area contributed by atoms with Crippen molar-refractivity contribution >= 4 is 12.1 Å². The van der Waals surface area contributed by atoms with Crippen LogP contribution in [0.15, 0.2) is 42.6 Å². The van der Waals surface area contributed by atoms with Crippen molar-refractivity contribution < 1.29 is 4.79 Å². The lowest BCUT2D eigenvalue weighted by Gasteiger charge is -2.33. The van der Waals surface area contributed by atoms with Gasteiger partial charge in [0.25, 0.3) is 0 Å².